The molecular formula is C25H24B. The SMILES string of the molecule is C[B]c1ccccc1.c1ccc(-c2ccccc2)cc1.c1ccccc1. The maximum Gasteiger partial charge on any atom is 0.148 e. The highest BCUT2D eigenvalue weighted by Gasteiger charge is 1.91. The fourth-order valence-corrected chi connectivity index (χ4v) is 2.29. The number of benzene rings is 4. The van der Waals surface area contributed by atoms with Crippen LogP contribution in [-0.4, -0.2) is 7.28 Å². The van der Waals surface area contributed by atoms with Gasteiger partial charge in [-0.1, -0.05) is 140 Å². The summed E-state index contributed by atoms with van der Waals surface area (Å²) in [6.07, 6.45) is 0. The predicted molar refractivity (Wildman–Crippen MR) is 116 cm³/mol. The Bertz CT molecular complexity index is 733. The molecule has 0 amide bonds. The first-order chi connectivity index (χ1) is 12.9. The predicted octanol–water partition coefficient (Wildman–Crippen LogP) is 6.10. The summed E-state index contributed by atoms with van der Waals surface area (Å²) in [5.74, 6) is 0. The van der Waals surface area contributed by atoms with Gasteiger partial charge in [0.05, 0.1) is 0 Å². The van der Waals surface area contributed by atoms with Crippen LogP contribution in [0.2, 0.25) is 6.82 Å². The Morgan fingerprint density at radius 3 is 0.923 bits per heavy atom. The average Bonchev–Trinajstić information content (AvgIpc) is 2.78. The minimum Gasteiger partial charge on any atom is -0.0881 e. The zero-order chi connectivity index (χ0) is 18.3. The lowest BCUT2D eigenvalue weighted by atomic mass is 9.74. The second kappa shape index (κ2) is 12.3. The van der Waals surface area contributed by atoms with Gasteiger partial charge >= 0.3 is 0 Å². The second-order valence-electron chi connectivity index (χ2n) is 5.59. The molecule has 1 radical (unpaired) electrons. The van der Waals surface area contributed by atoms with Crippen molar-refractivity contribution in [3.63, 3.8) is 0 Å². The molecule has 0 aliphatic rings. The molecule has 4 aromatic carbocycles. The van der Waals surface area contributed by atoms with Crippen molar-refractivity contribution < 1.29 is 0 Å². The molecule has 4 rings (SSSR count). The van der Waals surface area contributed by atoms with Crippen LogP contribution in [0, 0.1) is 0 Å². The first kappa shape index (κ1) is 19.3. The summed E-state index contributed by atoms with van der Waals surface area (Å²) in [5.41, 5.74) is 3.84. The summed E-state index contributed by atoms with van der Waals surface area (Å²) in [5, 5.41) is 0. The molecule has 0 nitrogen and oxygen atoms in total. The molecule has 0 fully saturated rings. The molecule has 0 N–H and O–H groups in total. The normalized spacial score (nSPS) is 8.96. The summed E-state index contributed by atoms with van der Waals surface area (Å²) < 4.78 is 0. The first-order valence-electron chi connectivity index (χ1n) is 8.85. The Kier molecular flexibility index (Phi) is 9.14. The van der Waals surface area contributed by atoms with E-state index < -0.39 is 0 Å². The third-order valence-electron chi connectivity index (χ3n) is 3.68. The van der Waals surface area contributed by atoms with Gasteiger partial charge in [0.25, 0.3) is 0 Å². The molecule has 4 aromatic rings. The highest BCUT2D eigenvalue weighted by molar-refractivity contribution is 6.51. The zero-order valence-corrected chi connectivity index (χ0v) is 15.2. The third-order valence-corrected chi connectivity index (χ3v) is 3.68. The molecule has 127 valence electrons. The van der Waals surface area contributed by atoms with E-state index in [0.717, 1.165) is 0 Å². The number of hydrogen-bond donors (Lipinski definition) is 0. The van der Waals surface area contributed by atoms with E-state index in [4.69, 9.17) is 0 Å². The monoisotopic (exact) mass is 335 g/mol. The van der Waals surface area contributed by atoms with Crippen LogP contribution in [-0.2, 0) is 0 Å². The van der Waals surface area contributed by atoms with Gasteiger partial charge in [-0.25, -0.2) is 0 Å². The Labute approximate surface area is 158 Å². The minimum absolute atomic E-state index is 1.28. The average molecular weight is 335 g/mol. The maximum atomic E-state index is 2.12. The van der Waals surface area contributed by atoms with Gasteiger partial charge < -0.3 is 0 Å². The molecule has 0 atom stereocenters. The van der Waals surface area contributed by atoms with E-state index in [-0.39, 0.29) is 0 Å². The van der Waals surface area contributed by atoms with Gasteiger partial charge in [0.2, 0.25) is 0 Å². The lowest BCUT2D eigenvalue weighted by molar-refractivity contribution is 1.62. The van der Waals surface area contributed by atoms with Crippen LogP contribution < -0.4 is 5.46 Å². The molecular weight excluding hydrogens is 311 g/mol. The molecule has 0 aliphatic carbocycles. The standard InChI is InChI=1S/C12H10.C7H8B.C6H6/c1-3-7-11(8-4-1)12-9-5-2-6-10-12;1-8-7-5-3-2-4-6-7;1-2-4-6-5-3-1/h1-10H;2-6H,1H3;1-6H. The van der Waals surface area contributed by atoms with Crippen molar-refractivity contribution in [3.8, 4) is 11.1 Å². The molecule has 0 saturated carbocycles. The van der Waals surface area contributed by atoms with E-state index in [2.05, 4.69) is 67.9 Å². The minimum atomic E-state index is 1.28. The first-order valence-corrected chi connectivity index (χ1v) is 8.85. The highest BCUT2D eigenvalue weighted by atomic mass is 14.0. The van der Waals surface area contributed by atoms with Crippen LogP contribution >= 0.6 is 0 Å². The van der Waals surface area contributed by atoms with Crippen molar-refractivity contribution in [2.75, 3.05) is 0 Å². The quantitative estimate of drug-likeness (QED) is 0.388. The molecule has 0 aromatic heterocycles. The molecule has 0 heterocycles. The van der Waals surface area contributed by atoms with Crippen LogP contribution in [0.3, 0.4) is 0 Å². The molecule has 0 aliphatic heterocycles. The number of rotatable bonds is 2. The summed E-state index contributed by atoms with van der Waals surface area (Å²) in [7, 11) is 2.08. The smallest absolute Gasteiger partial charge is 0.0881 e. The topological polar surface area (TPSA) is 0 Å². The molecule has 0 bridgehead atoms. The van der Waals surface area contributed by atoms with Gasteiger partial charge in [-0.05, 0) is 11.1 Å². The molecule has 0 saturated heterocycles. The van der Waals surface area contributed by atoms with Crippen LogP contribution in [0.15, 0.2) is 127 Å². The van der Waals surface area contributed by atoms with E-state index in [1.807, 2.05) is 73.6 Å². The Morgan fingerprint density at radius 2 is 0.654 bits per heavy atom. The van der Waals surface area contributed by atoms with Gasteiger partial charge in [-0.3, -0.25) is 0 Å². The maximum absolute atomic E-state index is 2.12. The van der Waals surface area contributed by atoms with E-state index in [1.54, 1.807) is 0 Å². The molecule has 26 heavy (non-hydrogen) atoms. The van der Waals surface area contributed by atoms with Gasteiger partial charge in [-0.15, -0.1) is 0 Å². The van der Waals surface area contributed by atoms with Gasteiger partial charge in [0, 0.05) is 0 Å². The Morgan fingerprint density at radius 1 is 0.385 bits per heavy atom. The lowest BCUT2D eigenvalue weighted by Gasteiger charge is -1.98. The summed E-state index contributed by atoms with van der Waals surface area (Å²) in [6, 6.07) is 43.0. The van der Waals surface area contributed by atoms with Crippen LogP contribution in [0.5, 0.6) is 0 Å². The highest BCUT2D eigenvalue weighted by Crippen LogP contribution is 2.17. The van der Waals surface area contributed by atoms with Crippen molar-refractivity contribution in [2.24, 2.45) is 0 Å². The van der Waals surface area contributed by atoms with Crippen molar-refractivity contribution in [2.45, 2.75) is 6.82 Å². The fraction of sp³-hybridized carbons (Fsp3) is 0.0400. The van der Waals surface area contributed by atoms with Crippen LogP contribution in [0.25, 0.3) is 11.1 Å². The van der Waals surface area contributed by atoms with E-state index in [1.165, 1.54) is 16.6 Å². The third kappa shape index (κ3) is 7.68. The van der Waals surface area contributed by atoms with Crippen LogP contribution in [0.4, 0.5) is 0 Å². The second-order valence-corrected chi connectivity index (χ2v) is 5.59. The van der Waals surface area contributed by atoms with Gasteiger partial charge in [-0.2, -0.15) is 0 Å². The number of hydrogen-bond acceptors (Lipinski definition) is 0. The van der Waals surface area contributed by atoms with Gasteiger partial charge in [0.15, 0.2) is 0 Å². The zero-order valence-electron chi connectivity index (χ0n) is 15.2. The van der Waals surface area contributed by atoms with Gasteiger partial charge in [0.1, 0.15) is 7.28 Å². The summed E-state index contributed by atoms with van der Waals surface area (Å²) in [4.78, 5) is 0. The van der Waals surface area contributed by atoms with Crippen molar-refractivity contribution in [3.05, 3.63) is 127 Å². The molecule has 0 unspecified atom stereocenters. The lowest BCUT2D eigenvalue weighted by Crippen LogP contribution is -2.07. The van der Waals surface area contributed by atoms with Crippen molar-refractivity contribution >= 4 is 12.7 Å². The Balaban J connectivity index is 0.000000151. The van der Waals surface area contributed by atoms with Crippen molar-refractivity contribution in [1.82, 2.24) is 0 Å². The van der Waals surface area contributed by atoms with E-state index in [0.29, 0.717) is 0 Å². The largest absolute Gasteiger partial charge is 0.148 e. The molecule has 0 spiro atoms. The fourth-order valence-electron chi connectivity index (χ4n) is 2.29. The summed E-state index contributed by atoms with van der Waals surface area (Å²) >= 11 is 0. The Hall–Kier alpha value is -3.06. The van der Waals surface area contributed by atoms with Crippen molar-refractivity contribution in [1.29, 1.82) is 0 Å². The summed E-state index contributed by atoms with van der Waals surface area (Å²) in [6.45, 7) is 2.04. The van der Waals surface area contributed by atoms with Crippen LogP contribution in [0.1, 0.15) is 0 Å². The van der Waals surface area contributed by atoms with E-state index >= 15 is 0 Å². The molecule has 1 heteroatoms. The van der Waals surface area contributed by atoms with E-state index in [9.17, 15) is 0 Å².